The molecule has 6 heteroatoms. The Bertz CT molecular complexity index is 513. The molecule has 4 nitrogen and oxygen atoms in total. The summed E-state index contributed by atoms with van der Waals surface area (Å²) in [6.07, 6.45) is 0. The van der Waals surface area contributed by atoms with Crippen molar-refractivity contribution < 1.29 is 0 Å². The first-order valence-electron chi connectivity index (χ1n) is 3.41. The quantitative estimate of drug-likeness (QED) is 0.624. The fraction of sp³-hybridized carbons (Fsp3) is 0.143. The van der Waals surface area contributed by atoms with E-state index in [1.54, 1.807) is 6.92 Å². The van der Waals surface area contributed by atoms with E-state index in [9.17, 15) is 0 Å². The number of fused-ring (bicyclic) bond motifs is 1. The maximum Gasteiger partial charge on any atom is 0.197 e. The van der Waals surface area contributed by atoms with E-state index in [1.165, 1.54) is 11.3 Å². The average molecular weight is 211 g/mol. The van der Waals surface area contributed by atoms with Gasteiger partial charge in [0, 0.05) is 0 Å². The predicted octanol–water partition coefficient (Wildman–Crippen LogP) is 1.92. The normalized spacial score (nSPS) is 10.2. The maximum atomic E-state index is 8.61. The highest BCUT2D eigenvalue weighted by Gasteiger charge is 2.09. The van der Waals surface area contributed by atoms with Crippen LogP contribution in [-0.4, -0.2) is 15.0 Å². The molecule has 13 heavy (non-hydrogen) atoms. The van der Waals surface area contributed by atoms with E-state index in [2.05, 4.69) is 15.0 Å². The first kappa shape index (κ1) is 8.35. The van der Waals surface area contributed by atoms with Crippen LogP contribution in [0, 0.1) is 18.3 Å². The third-order valence-corrected chi connectivity index (χ3v) is 2.54. The van der Waals surface area contributed by atoms with Gasteiger partial charge < -0.3 is 0 Å². The fourth-order valence-corrected chi connectivity index (χ4v) is 2.03. The third-order valence-electron chi connectivity index (χ3n) is 1.42. The minimum atomic E-state index is 0.306. The molecule has 2 aromatic heterocycles. The molecule has 0 N–H and O–H groups in total. The molecular formula is C7H3ClN4S. The van der Waals surface area contributed by atoms with Gasteiger partial charge in [-0.3, -0.25) is 0 Å². The van der Waals surface area contributed by atoms with Crippen molar-refractivity contribution in [3.05, 3.63) is 16.0 Å². The summed E-state index contributed by atoms with van der Waals surface area (Å²) in [5, 5.41) is 9.27. The number of hydrogen-bond donors (Lipinski definition) is 0. The van der Waals surface area contributed by atoms with Crippen LogP contribution in [0.3, 0.4) is 0 Å². The SMILES string of the molecule is Cc1nc(Cl)c2nc(C#N)sc2n1. The molecule has 0 saturated carbocycles. The van der Waals surface area contributed by atoms with Crippen molar-refractivity contribution in [3.63, 3.8) is 0 Å². The van der Waals surface area contributed by atoms with Crippen LogP contribution in [0.25, 0.3) is 10.3 Å². The van der Waals surface area contributed by atoms with Gasteiger partial charge in [-0.1, -0.05) is 22.9 Å². The van der Waals surface area contributed by atoms with Crippen molar-refractivity contribution in [2.24, 2.45) is 0 Å². The number of halogens is 1. The molecule has 0 amide bonds. The predicted molar refractivity (Wildman–Crippen MR) is 49.7 cm³/mol. The van der Waals surface area contributed by atoms with Crippen LogP contribution in [0.1, 0.15) is 10.8 Å². The van der Waals surface area contributed by atoms with Crippen molar-refractivity contribution >= 4 is 33.3 Å². The van der Waals surface area contributed by atoms with E-state index in [0.29, 0.717) is 26.3 Å². The highest BCUT2D eigenvalue weighted by atomic mass is 35.5. The fourth-order valence-electron chi connectivity index (χ4n) is 0.937. The van der Waals surface area contributed by atoms with E-state index in [-0.39, 0.29) is 0 Å². The highest BCUT2D eigenvalue weighted by Crippen LogP contribution is 2.24. The summed E-state index contributed by atoms with van der Waals surface area (Å²) < 4.78 is 0. The van der Waals surface area contributed by atoms with Crippen molar-refractivity contribution in [1.29, 1.82) is 5.26 Å². The van der Waals surface area contributed by atoms with Crippen LogP contribution < -0.4 is 0 Å². The highest BCUT2D eigenvalue weighted by molar-refractivity contribution is 7.18. The standard InChI is InChI=1S/C7H3ClN4S/c1-3-10-6(8)5-7(11-3)13-4(2-9)12-5/h1H3. The Balaban J connectivity index is 2.84. The molecule has 0 unspecified atom stereocenters. The van der Waals surface area contributed by atoms with Gasteiger partial charge in [0.05, 0.1) is 0 Å². The van der Waals surface area contributed by atoms with Gasteiger partial charge in [0.1, 0.15) is 22.2 Å². The summed E-state index contributed by atoms with van der Waals surface area (Å²) >= 11 is 7.03. The lowest BCUT2D eigenvalue weighted by Crippen LogP contribution is -1.87. The third kappa shape index (κ3) is 1.34. The Morgan fingerprint density at radius 3 is 2.85 bits per heavy atom. The van der Waals surface area contributed by atoms with Gasteiger partial charge >= 0.3 is 0 Å². The Morgan fingerprint density at radius 1 is 1.38 bits per heavy atom. The molecule has 0 radical (unpaired) electrons. The van der Waals surface area contributed by atoms with E-state index in [1.807, 2.05) is 6.07 Å². The van der Waals surface area contributed by atoms with Crippen LogP contribution in [0.15, 0.2) is 0 Å². The first-order chi connectivity index (χ1) is 6.20. The Labute approximate surface area is 82.8 Å². The van der Waals surface area contributed by atoms with Crippen LogP contribution in [0.2, 0.25) is 5.15 Å². The molecule has 0 atom stereocenters. The van der Waals surface area contributed by atoms with Crippen molar-refractivity contribution in [2.75, 3.05) is 0 Å². The molecule has 2 rings (SSSR count). The summed E-state index contributed by atoms with van der Waals surface area (Å²) in [5.41, 5.74) is 0.508. The second-order valence-electron chi connectivity index (χ2n) is 2.35. The van der Waals surface area contributed by atoms with Crippen molar-refractivity contribution in [2.45, 2.75) is 6.92 Å². The summed E-state index contributed by atoms with van der Waals surface area (Å²) in [6, 6.07) is 1.94. The minimum absolute atomic E-state index is 0.306. The zero-order valence-corrected chi connectivity index (χ0v) is 8.15. The van der Waals surface area contributed by atoms with Crippen molar-refractivity contribution in [3.8, 4) is 6.07 Å². The first-order valence-corrected chi connectivity index (χ1v) is 4.61. The van der Waals surface area contributed by atoms with Crippen LogP contribution in [0.5, 0.6) is 0 Å². The molecule has 0 aliphatic rings. The van der Waals surface area contributed by atoms with Gasteiger partial charge in [-0.25, -0.2) is 15.0 Å². The topological polar surface area (TPSA) is 62.5 Å². The van der Waals surface area contributed by atoms with E-state index < -0.39 is 0 Å². The number of nitriles is 1. The zero-order chi connectivity index (χ0) is 9.42. The van der Waals surface area contributed by atoms with Gasteiger partial charge in [-0.15, -0.1) is 0 Å². The van der Waals surface area contributed by atoms with E-state index in [0.717, 1.165) is 0 Å². The van der Waals surface area contributed by atoms with Crippen LogP contribution >= 0.6 is 22.9 Å². The molecule has 0 aromatic carbocycles. The molecule has 2 heterocycles. The van der Waals surface area contributed by atoms with Gasteiger partial charge in [0.2, 0.25) is 0 Å². The molecule has 64 valence electrons. The smallest absolute Gasteiger partial charge is 0.197 e. The summed E-state index contributed by atoms with van der Waals surface area (Å²) in [5.74, 6) is 0.589. The van der Waals surface area contributed by atoms with E-state index in [4.69, 9.17) is 16.9 Å². The lowest BCUT2D eigenvalue weighted by Gasteiger charge is -1.92. The summed E-state index contributed by atoms with van der Waals surface area (Å²) in [6.45, 7) is 1.75. The monoisotopic (exact) mass is 210 g/mol. The lowest BCUT2D eigenvalue weighted by atomic mass is 10.5. The molecule has 0 aliphatic carbocycles. The average Bonchev–Trinajstić information content (AvgIpc) is 2.47. The van der Waals surface area contributed by atoms with Crippen molar-refractivity contribution in [1.82, 2.24) is 15.0 Å². The maximum absolute atomic E-state index is 8.61. The number of aromatic nitrogens is 3. The summed E-state index contributed by atoms with van der Waals surface area (Å²) in [7, 11) is 0. The van der Waals surface area contributed by atoms with Gasteiger partial charge in [-0.05, 0) is 6.92 Å². The Kier molecular flexibility index (Phi) is 1.87. The second-order valence-corrected chi connectivity index (χ2v) is 3.68. The zero-order valence-electron chi connectivity index (χ0n) is 6.58. The van der Waals surface area contributed by atoms with Crippen LogP contribution in [-0.2, 0) is 0 Å². The second kappa shape index (κ2) is 2.91. The van der Waals surface area contributed by atoms with Gasteiger partial charge in [0.15, 0.2) is 10.2 Å². The molecule has 0 fully saturated rings. The molecule has 0 spiro atoms. The van der Waals surface area contributed by atoms with Gasteiger partial charge in [-0.2, -0.15) is 5.26 Å². The molecule has 0 saturated heterocycles. The number of thiazole rings is 1. The number of rotatable bonds is 0. The molecular weight excluding hydrogens is 208 g/mol. The lowest BCUT2D eigenvalue weighted by molar-refractivity contribution is 1.09. The Hall–Kier alpha value is -1.25. The van der Waals surface area contributed by atoms with E-state index >= 15 is 0 Å². The van der Waals surface area contributed by atoms with Crippen LogP contribution in [0.4, 0.5) is 0 Å². The molecule has 2 aromatic rings. The largest absolute Gasteiger partial charge is 0.221 e. The van der Waals surface area contributed by atoms with Gasteiger partial charge in [0.25, 0.3) is 0 Å². The minimum Gasteiger partial charge on any atom is -0.221 e. The summed E-state index contributed by atoms with van der Waals surface area (Å²) in [4.78, 5) is 12.7. The number of nitrogens with zero attached hydrogens (tertiary/aromatic N) is 4. The number of hydrogen-bond acceptors (Lipinski definition) is 5. The molecule has 0 bridgehead atoms. The number of aryl methyl sites for hydroxylation is 1. The molecule has 0 aliphatic heterocycles. The Morgan fingerprint density at radius 2 is 2.15 bits per heavy atom.